The molecule has 0 saturated heterocycles. The Hall–Kier alpha value is -2.99. The Balaban J connectivity index is 1.64. The Kier molecular flexibility index (Phi) is 4.28. The minimum absolute atomic E-state index is 0.225. The summed E-state index contributed by atoms with van der Waals surface area (Å²) in [6.07, 6.45) is 0. The molecule has 0 spiro atoms. The van der Waals surface area contributed by atoms with Crippen molar-refractivity contribution in [3.05, 3.63) is 65.0 Å². The second kappa shape index (κ2) is 6.63. The van der Waals surface area contributed by atoms with E-state index in [9.17, 15) is 14.4 Å². The number of imide groups is 1. The van der Waals surface area contributed by atoms with Crippen molar-refractivity contribution in [1.82, 2.24) is 4.90 Å². The third-order valence-corrected chi connectivity index (χ3v) is 5.62. The molecular formula is C21H18N2O3S. The number of carbonyl (C=O) groups excluding carboxylic acids is 3. The number of nitrogens with zero attached hydrogens (tertiary/aromatic N) is 1. The van der Waals surface area contributed by atoms with Crippen molar-refractivity contribution in [3.8, 4) is 0 Å². The van der Waals surface area contributed by atoms with Crippen LogP contribution in [-0.4, -0.2) is 28.7 Å². The van der Waals surface area contributed by atoms with Crippen LogP contribution in [0.4, 0.5) is 5.69 Å². The van der Waals surface area contributed by atoms with Crippen LogP contribution in [0.1, 0.15) is 34.6 Å². The molecule has 136 valence electrons. The van der Waals surface area contributed by atoms with Crippen LogP contribution in [0.2, 0.25) is 0 Å². The Morgan fingerprint density at radius 3 is 2.30 bits per heavy atom. The van der Waals surface area contributed by atoms with Gasteiger partial charge in [0.05, 0.1) is 11.1 Å². The maximum atomic E-state index is 13.0. The highest BCUT2D eigenvalue weighted by atomic mass is 32.1. The number of hydrogen-bond acceptors (Lipinski definition) is 4. The number of benzene rings is 2. The van der Waals surface area contributed by atoms with Gasteiger partial charge in [-0.15, -0.1) is 11.3 Å². The SMILES string of the molecule is CC(C)C(C(=O)Nc1ccc2sccc2c1)N1C(=O)c2ccccc2C1=O. The summed E-state index contributed by atoms with van der Waals surface area (Å²) in [5.41, 5.74) is 1.34. The van der Waals surface area contributed by atoms with Crippen molar-refractivity contribution in [1.29, 1.82) is 0 Å². The summed E-state index contributed by atoms with van der Waals surface area (Å²) in [5, 5.41) is 5.90. The van der Waals surface area contributed by atoms with Crippen LogP contribution >= 0.6 is 11.3 Å². The normalized spacial score (nSPS) is 14.7. The zero-order valence-electron chi connectivity index (χ0n) is 14.9. The maximum Gasteiger partial charge on any atom is 0.262 e. The molecule has 0 radical (unpaired) electrons. The van der Waals surface area contributed by atoms with E-state index in [0.717, 1.165) is 15.0 Å². The maximum absolute atomic E-state index is 13.0. The lowest BCUT2D eigenvalue weighted by molar-refractivity contribution is -0.121. The number of nitrogens with one attached hydrogen (secondary N) is 1. The Morgan fingerprint density at radius 2 is 1.67 bits per heavy atom. The smallest absolute Gasteiger partial charge is 0.262 e. The zero-order valence-corrected chi connectivity index (χ0v) is 15.7. The molecule has 3 amide bonds. The first-order valence-corrected chi connectivity index (χ1v) is 9.60. The number of anilines is 1. The van der Waals surface area contributed by atoms with E-state index in [2.05, 4.69) is 5.32 Å². The Bertz CT molecular complexity index is 1030. The van der Waals surface area contributed by atoms with Gasteiger partial charge in [0.25, 0.3) is 11.8 Å². The van der Waals surface area contributed by atoms with Gasteiger partial charge >= 0.3 is 0 Å². The number of thiophene rings is 1. The van der Waals surface area contributed by atoms with Crippen molar-refractivity contribution >= 4 is 44.8 Å². The van der Waals surface area contributed by atoms with Gasteiger partial charge in [-0.2, -0.15) is 0 Å². The lowest BCUT2D eigenvalue weighted by Crippen LogP contribution is -2.50. The summed E-state index contributed by atoms with van der Waals surface area (Å²) in [6, 6.07) is 13.4. The molecule has 1 N–H and O–H groups in total. The molecule has 1 aliphatic heterocycles. The van der Waals surface area contributed by atoms with E-state index in [4.69, 9.17) is 0 Å². The van der Waals surface area contributed by atoms with Gasteiger partial charge in [-0.25, -0.2) is 0 Å². The molecule has 1 aromatic heterocycles. The fraction of sp³-hybridized carbons (Fsp3) is 0.190. The standard InChI is InChI=1S/C21H18N2O3S/c1-12(2)18(23-20(25)15-5-3-4-6-16(15)21(23)26)19(24)22-14-7-8-17-13(11-14)9-10-27-17/h3-12,18H,1-2H3,(H,22,24). The zero-order chi connectivity index (χ0) is 19.1. The monoisotopic (exact) mass is 378 g/mol. The fourth-order valence-corrected chi connectivity index (χ4v) is 4.21. The topological polar surface area (TPSA) is 66.5 Å². The highest BCUT2D eigenvalue weighted by Gasteiger charge is 2.43. The molecule has 3 aromatic rings. The van der Waals surface area contributed by atoms with Gasteiger partial charge in [-0.1, -0.05) is 26.0 Å². The molecule has 4 rings (SSSR count). The average molecular weight is 378 g/mol. The number of carbonyl (C=O) groups is 3. The first kappa shape index (κ1) is 17.4. The molecule has 1 atom stereocenters. The predicted molar refractivity (Wildman–Crippen MR) is 106 cm³/mol. The first-order chi connectivity index (χ1) is 13.0. The molecule has 0 bridgehead atoms. The molecule has 2 aromatic carbocycles. The van der Waals surface area contributed by atoms with Crippen LogP contribution in [0, 0.1) is 5.92 Å². The van der Waals surface area contributed by atoms with Gasteiger partial charge in [-0.3, -0.25) is 19.3 Å². The summed E-state index contributed by atoms with van der Waals surface area (Å²) in [4.78, 5) is 39.6. The van der Waals surface area contributed by atoms with Crippen LogP contribution in [0.3, 0.4) is 0 Å². The summed E-state index contributed by atoms with van der Waals surface area (Å²) >= 11 is 1.63. The highest BCUT2D eigenvalue weighted by molar-refractivity contribution is 7.17. The minimum atomic E-state index is -0.879. The Labute approximate surface area is 160 Å². The van der Waals surface area contributed by atoms with Crippen LogP contribution in [0.15, 0.2) is 53.9 Å². The Morgan fingerprint density at radius 1 is 1.00 bits per heavy atom. The van der Waals surface area contributed by atoms with Crippen molar-refractivity contribution in [2.75, 3.05) is 5.32 Å². The molecule has 2 heterocycles. The van der Waals surface area contributed by atoms with Gasteiger partial charge in [0.15, 0.2) is 0 Å². The van der Waals surface area contributed by atoms with E-state index >= 15 is 0 Å². The average Bonchev–Trinajstić information content (AvgIpc) is 3.20. The van der Waals surface area contributed by atoms with E-state index in [1.807, 2.05) is 43.5 Å². The lowest BCUT2D eigenvalue weighted by atomic mass is 10.0. The number of hydrogen-bond donors (Lipinski definition) is 1. The molecule has 1 aliphatic rings. The van der Waals surface area contributed by atoms with E-state index < -0.39 is 17.9 Å². The fourth-order valence-electron chi connectivity index (χ4n) is 3.44. The predicted octanol–water partition coefficient (Wildman–Crippen LogP) is 4.16. The minimum Gasteiger partial charge on any atom is -0.324 e. The summed E-state index contributed by atoms with van der Waals surface area (Å²) in [7, 11) is 0. The van der Waals surface area contributed by atoms with Gasteiger partial charge in [0.1, 0.15) is 6.04 Å². The van der Waals surface area contributed by atoms with Crippen LogP contribution in [0.5, 0.6) is 0 Å². The third kappa shape index (κ3) is 2.92. The van der Waals surface area contributed by atoms with Crippen molar-refractivity contribution < 1.29 is 14.4 Å². The number of amides is 3. The highest BCUT2D eigenvalue weighted by Crippen LogP contribution is 2.29. The van der Waals surface area contributed by atoms with Crippen molar-refractivity contribution in [2.45, 2.75) is 19.9 Å². The second-order valence-electron chi connectivity index (χ2n) is 6.88. The van der Waals surface area contributed by atoms with Gasteiger partial charge in [0, 0.05) is 10.4 Å². The molecule has 5 nitrogen and oxygen atoms in total. The van der Waals surface area contributed by atoms with Gasteiger partial charge in [-0.05, 0) is 53.1 Å². The molecular weight excluding hydrogens is 360 g/mol. The van der Waals surface area contributed by atoms with E-state index in [-0.39, 0.29) is 11.8 Å². The molecule has 0 fully saturated rings. The molecule has 0 saturated carbocycles. The van der Waals surface area contributed by atoms with Gasteiger partial charge < -0.3 is 5.32 Å². The largest absolute Gasteiger partial charge is 0.324 e. The first-order valence-electron chi connectivity index (χ1n) is 8.72. The van der Waals surface area contributed by atoms with Crippen molar-refractivity contribution in [3.63, 3.8) is 0 Å². The summed E-state index contributed by atoms with van der Waals surface area (Å²) in [6.45, 7) is 3.66. The number of fused-ring (bicyclic) bond motifs is 2. The number of rotatable bonds is 4. The second-order valence-corrected chi connectivity index (χ2v) is 7.82. The molecule has 6 heteroatoms. The van der Waals surface area contributed by atoms with Crippen LogP contribution in [-0.2, 0) is 4.79 Å². The van der Waals surface area contributed by atoms with Crippen molar-refractivity contribution in [2.24, 2.45) is 5.92 Å². The van der Waals surface area contributed by atoms with Crippen LogP contribution in [0.25, 0.3) is 10.1 Å². The molecule has 27 heavy (non-hydrogen) atoms. The molecule has 0 aliphatic carbocycles. The summed E-state index contributed by atoms with van der Waals surface area (Å²) < 4.78 is 1.13. The summed E-state index contributed by atoms with van der Waals surface area (Å²) in [5.74, 6) is -1.43. The van der Waals surface area contributed by atoms with Gasteiger partial charge in [0.2, 0.25) is 5.91 Å². The molecule has 1 unspecified atom stereocenters. The van der Waals surface area contributed by atoms with E-state index in [1.165, 1.54) is 0 Å². The van der Waals surface area contributed by atoms with E-state index in [0.29, 0.717) is 16.8 Å². The lowest BCUT2D eigenvalue weighted by Gasteiger charge is -2.28. The quantitative estimate of drug-likeness (QED) is 0.693. The third-order valence-electron chi connectivity index (χ3n) is 4.72. The van der Waals surface area contributed by atoms with Crippen LogP contribution < -0.4 is 5.32 Å². The van der Waals surface area contributed by atoms with E-state index in [1.54, 1.807) is 35.6 Å².